The number of methoxy groups -OCH3 is 2. The van der Waals surface area contributed by atoms with Crippen LogP contribution in [0, 0.1) is 0 Å². The van der Waals surface area contributed by atoms with Crippen molar-refractivity contribution in [3.8, 4) is 11.5 Å². The van der Waals surface area contributed by atoms with Gasteiger partial charge in [-0.3, -0.25) is 0 Å². The smallest absolute Gasteiger partial charge is 0.333 e. The zero-order valence-corrected chi connectivity index (χ0v) is 19.4. The summed E-state index contributed by atoms with van der Waals surface area (Å²) in [5.74, 6) is 1.30. The van der Waals surface area contributed by atoms with Gasteiger partial charge in [-0.15, -0.1) is 0 Å². The van der Waals surface area contributed by atoms with E-state index in [4.69, 9.17) is 9.47 Å². The summed E-state index contributed by atoms with van der Waals surface area (Å²) in [6.07, 6.45) is 1.06. The number of nitrogens with zero attached hydrogens (tertiary/aromatic N) is 3. The molecule has 10 heteroatoms. The molecule has 0 N–H and O–H groups in total. The number of aromatic nitrogens is 2. The van der Waals surface area contributed by atoms with Gasteiger partial charge in [-0.25, -0.2) is 13.1 Å². The fourth-order valence-corrected chi connectivity index (χ4v) is 5.20. The number of sulfonamides is 1. The summed E-state index contributed by atoms with van der Waals surface area (Å²) in [5.41, 5.74) is 1.66. The molecule has 4 rings (SSSR count). The lowest BCUT2D eigenvalue weighted by Crippen LogP contribution is -2.30. The first-order valence-electron chi connectivity index (χ1n) is 10.3. The van der Waals surface area contributed by atoms with Gasteiger partial charge < -0.3 is 9.47 Å². The second-order valence-corrected chi connectivity index (χ2v) is 9.45. The van der Waals surface area contributed by atoms with Gasteiger partial charge in [0.1, 0.15) is 11.5 Å². The van der Waals surface area contributed by atoms with E-state index in [9.17, 15) is 17.2 Å². The van der Waals surface area contributed by atoms with Crippen molar-refractivity contribution in [3.63, 3.8) is 0 Å². The lowest BCUT2D eigenvalue weighted by atomic mass is 10.2. The molecule has 4 aromatic rings. The zero-order valence-electron chi connectivity index (χ0n) is 18.6. The SMILES string of the molecule is COc1ccc(CN(Cc2ccc(OC)cc2)S(=O)(=O)c2cccc3nn(C(F)F)cc23)cc1. The second kappa shape index (κ2) is 9.78. The first-order valence-corrected chi connectivity index (χ1v) is 11.8. The Morgan fingerprint density at radius 2 is 1.41 bits per heavy atom. The maximum atomic E-state index is 13.8. The van der Waals surface area contributed by atoms with E-state index < -0.39 is 16.6 Å². The highest BCUT2D eigenvalue weighted by molar-refractivity contribution is 7.89. The summed E-state index contributed by atoms with van der Waals surface area (Å²) in [7, 11) is -0.993. The van der Waals surface area contributed by atoms with E-state index in [2.05, 4.69) is 5.10 Å². The minimum atomic E-state index is -4.10. The Morgan fingerprint density at radius 3 is 1.88 bits per heavy atom. The maximum Gasteiger partial charge on any atom is 0.333 e. The molecule has 1 aromatic heterocycles. The molecule has 0 amide bonds. The summed E-state index contributed by atoms with van der Waals surface area (Å²) in [6, 6.07) is 18.5. The van der Waals surface area contributed by atoms with Crippen LogP contribution in [0.4, 0.5) is 8.78 Å². The van der Waals surface area contributed by atoms with Gasteiger partial charge in [-0.2, -0.15) is 18.2 Å². The van der Waals surface area contributed by atoms with Crippen LogP contribution in [0.15, 0.2) is 77.8 Å². The van der Waals surface area contributed by atoms with Gasteiger partial charge in [0.05, 0.1) is 24.6 Å². The molecule has 0 aliphatic heterocycles. The van der Waals surface area contributed by atoms with Crippen molar-refractivity contribution >= 4 is 20.9 Å². The zero-order chi connectivity index (χ0) is 24.3. The molecule has 34 heavy (non-hydrogen) atoms. The lowest BCUT2D eigenvalue weighted by Gasteiger charge is -2.23. The molecule has 0 aliphatic carbocycles. The van der Waals surface area contributed by atoms with Crippen LogP contribution in [0.5, 0.6) is 11.5 Å². The quantitative estimate of drug-likeness (QED) is 0.338. The number of halogens is 2. The van der Waals surface area contributed by atoms with Gasteiger partial charge in [0.15, 0.2) is 0 Å². The van der Waals surface area contributed by atoms with Crippen LogP contribution >= 0.6 is 0 Å². The van der Waals surface area contributed by atoms with Gasteiger partial charge in [0.2, 0.25) is 10.0 Å². The van der Waals surface area contributed by atoms with Crippen molar-refractivity contribution in [2.24, 2.45) is 0 Å². The van der Waals surface area contributed by atoms with Crippen LogP contribution in [-0.2, 0) is 23.1 Å². The molecule has 0 aliphatic rings. The van der Waals surface area contributed by atoms with Gasteiger partial charge in [-0.05, 0) is 47.5 Å². The molecule has 0 spiro atoms. The number of alkyl halides is 2. The van der Waals surface area contributed by atoms with Gasteiger partial charge in [0, 0.05) is 24.7 Å². The number of benzene rings is 3. The van der Waals surface area contributed by atoms with E-state index in [0.717, 1.165) is 17.3 Å². The van der Waals surface area contributed by atoms with E-state index in [1.165, 1.54) is 22.5 Å². The standard InChI is InChI=1S/C24H23F2N3O4S/c1-32-19-10-6-17(7-11-19)14-28(15-18-8-12-20(33-2)13-9-18)34(30,31)23-5-3-4-22-21(23)16-29(27-22)24(25)26/h3-13,16,24H,14-15H2,1-2H3. The minimum Gasteiger partial charge on any atom is -0.497 e. The maximum absolute atomic E-state index is 13.8. The third-order valence-electron chi connectivity index (χ3n) is 5.38. The molecule has 0 fully saturated rings. The van der Waals surface area contributed by atoms with Crippen molar-refractivity contribution in [1.82, 2.24) is 14.1 Å². The van der Waals surface area contributed by atoms with Crippen molar-refractivity contribution in [2.75, 3.05) is 14.2 Å². The van der Waals surface area contributed by atoms with Crippen molar-refractivity contribution in [1.29, 1.82) is 0 Å². The predicted octanol–water partition coefficient (Wildman–Crippen LogP) is 4.84. The average molecular weight is 488 g/mol. The van der Waals surface area contributed by atoms with Crippen LogP contribution in [-0.4, -0.2) is 36.7 Å². The fraction of sp³-hybridized carbons (Fsp3) is 0.208. The molecule has 1 heterocycles. The Morgan fingerprint density at radius 1 is 0.882 bits per heavy atom. The molecule has 0 unspecified atom stereocenters. The Kier molecular flexibility index (Phi) is 6.80. The predicted molar refractivity (Wildman–Crippen MR) is 123 cm³/mol. The van der Waals surface area contributed by atoms with Gasteiger partial charge >= 0.3 is 6.55 Å². The van der Waals surface area contributed by atoms with E-state index in [1.54, 1.807) is 62.8 Å². The second-order valence-electron chi connectivity index (χ2n) is 7.54. The first kappa shape index (κ1) is 23.7. The lowest BCUT2D eigenvalue weighted by molar-refractivity contribution is 0.0573. The molecule has 0 saturated carbocycles. The minimum absolute atomic E-state index is 0.0672. The summed E-state index contributed by atoms with van der Waals surface area (Å²) < 4.78 is 66.2. The molecule has 0 radical (unpaired) electrons. The summed E-state index contributed by atoms with van der Waals surface area (Å²) in [5, 5.41) is 3.94. The van der Waals surface area contributed by atoms with E-state index >= 15 is 0 Å². The topological polar surface area (TPSA) is 73.7 Å². The van der Waals surface area contributed by atoms with Crippen molar-refractivity contribution in [2.45, 2.75) is 24.5 Å². The monoisotopic (exact) mass is 487 g/mol. The van der Waals surface area contributed by atoms with Crippen LogP contribution in [0.2, 0.25) is 0 Å². The molecule has 0 saturated heterocycles. The van der Waals surface area contributed by atoms with Gasteiger partial charge in [-0.1, -0.05) is 30.3 Å². The highest BCUT2D eigenvalue weighted by Gasteiger charge is 2.28. The molecule has 3 aromatic carbocycles. The average Bonchev–Trinajstić information content (AvgIpc) is 3.29. The normalized spacial score (nSPS) is 11.9. The first-order chi connectivity index (χ1) is 16.3. The Balaban J connectivity index is 1.76. The summed E-state index contributed by atoms with van der Waals surface area (Å²) in [4.78, 5) is -0.0843. The van der Waals surface area contributed by atoms with Crippen molar-refractivity contribution < 1.29 is 26.7 Å². The Hall–Kier alpha value is -3.50. The molecular formula is C24H23F2N3O4S. The summed E-state index contributed by atoms with van der Waals surface area (Å²) >= 11 is 0. The summed E-state index contributed by atoms with van der Waals surface area (Å²) in [6.45, 7) is -2.74. The van der Waals surface area contributed by atoms with Crippen LogP contribution in [0.3, 0.4) is 0 Å². The molecule has 0 atom stereocenters. The van der Waals surface area contributed by atoms with E-state index in [1.807, 2.05) is 0 Å². The van der Waals surface area contributed by atoms with Gasteiger partial charge in [0.25, 0.3) is 0 Å². The number of hydrogen-bond donors (Lipinski definition) is 0. The third-order valence-corrected chi connectivity index (χ3v) is 7.23. The molecule has 178 valence electrons. The molecule has 7 nitrogen and oxygen atoms in total. The molecule has 0 bridgehead atoms. The van der Waals surface area contributed by atoms with Crippen LogP contribution < -0.4 is 9.47 Å². The number of ether oxygens (including phenoxy) is 2. The largest absolute Gasteiger partial charge is 0.497 e. The highest BCUT2D eigenvalue weighted by atomic mass is 32.2. The highest BCUT2D eigenvalue weighted by Crippen LogP contribution is 2.29. The van der Waals surface area contributed by atoms with Crippen LogP contribution in [0.1, 0.15) is 17.7 Å². The Labute approximate surface area is 196 Å². The van der Waals surface area contributed by atoms with Crippen LogP contribution in [0.25, 0.3) is 10.9 Å². The number of rotatable bonds is 9. The fourth-order valence-electron chi connectivity index (χ4n) is 3.59. The van der Waals surface area contributed by atoms with Crippen molar-refractivity contribution in [3.05, 3.63) is 84.1 Å². The number of hydrogen-bond acceptors (Lipinski definition) is 5. The van der Waals surface area contributed by atoms with E-state index in [-0.39, 0.29) is 28.9 Å². The molecular weight excluding hydrogens is 464 g/mol. The number of fused-ring (bicyclic) bond motifs is 1. The Bertz CT molecular complexity index is 1320. The third kappa shape index (κ3) is 4.87. The van der Waals surface area contributed by atoms with E-state index in [0.29, 0.717) is 16.2 Å².